The fourth-order valence-corrected chi connectivity index (χ4v) is 2.62. The first kappa shape index (κ1) is 15.5. The maximum absolute atomic E-state index is 12.2. The molecule has 23 heavy (non-hydrogen) atoms. The van der Waals surface area contributed by atoms with Crippen molar-refractivity contribution >= 4 is 11.8 Å². The molecule has 0 saturated carbocycles. The Balaban J connectivity index is 1.56. The third kappa shape index (κ3) is 4.07. The SMILES string of the molecule is CC(NC(=O)Nc1ccnn1CC1CCOC1)c1cccnc1. The van der Waals surface area contributed by atoms with Crippen LogP contribution < -0.4 is 10.6 Å². The first-order valence-electron chi connectivity index (χ1n) is 7.79. The largest absolute Gasteiger partial charge is 0.381 e. The van der Waals surface area contributed by atoms with Gasteiger partial charge in [0, 0.05) is 37.5 Å². The summed E-state index contributed by atoms with van der Waals surface area (Å²) in [6, 6.07) is 5.20. The van der Waals surface area contributed by atoms with Crippen LogP contribution >= 0.6 is 0 Å². The number of nitrogens with one attached hydrogen (secondary N) is 2. The number of ether oxygens (including phenoxy) is 1. The minimum atomic E-state index is -0.259. The highest BCUT2D eigenvalue weighted by atomic mass is 16.5. The van der Waals surface area contributed by atoms with E-state index in [9.17, 15) is 4.79 Å². The van der Waals surface area contributed by atoms with Gasteiger partial charge in [0.15, 0.2) is 0 Å². The van der Waals surface area contributed by atoms with Crippen LogP contribution in [0.3, 0.4) is 0 Å². The zero-order chi connectivity index (χ0) is 16.1. The van der Waals surface area contributed by atoms with E-state index < -0.39 is 0 Å². The first-order valence-corrected chi connectivity index (χ1v) is 7.79. The molecular formula is C16H21N5O2. The molecule has 2 aromatic heterocycles. The van der Waals surface area contributed by atoms with Gasteiger partial charge in [0.1, 0.15) is 5.82 Å². The summed E-state index contributed by atoms with van der Waals surface area (Å²) in [6.45, 7) is 4.23. The van der Waals surface area contributed by atoms with Crippen LogP contribution in [0.4, 0.5) is 10.6 Å². The molecule has 3 heterocycles. The summed E-state index contributed by atoms with van der Waals surface area (Å²) >= 11 is 0. The highest BCUT2D eigenvalue weighted by molar-refractivity contribution is 5.88. The average molecular weight is 315 g/mol. The maximum atomic E-state index is 12.2. The maximum Gasteiger partial charge on any atom is 0.320 e. The molecule has 2 N–H and O–H groups in total. The van der Waals surface area contributed by atoms with Gasteiger partial charge in [-0.3, -0.25) is 10.3 Å². The second kappa shape index (κ2) is 7.23. The van der Waals surface area contributed by atoms with Gasteiger partial charge in [-0.2, -0.15) is 5.10 Å². The molecule has 2 aromatic rings. The second-order valence-corrected chi connectivity index (χ2v) is 5.73. The van der Waals surface area contributed by atoms with Crippen LogP contribution in [0.5, 0.6) is 0 Å². The van der Waals surface area contributed by atoms with Crippen LogP contribution in [0, 0.1) is 5.92 Å². The lowest BCUT2D eigenvalue weighted by molar-refractivity contribution is 0.181. The van der Waals surface area contributed by atoms with Crippen LogP contribution in [0.15, 0.2) is 36.8 Å². The van der Waals surface area contributed by atoms with Gasteiger partial charge in [-0.25, -0.2) is 9.48 Å². The number of urea groups is 1. The predicted molar refractivity (Wildman–Crippen MR) is 86.0 cm³/mol. The van der Waals surface area contributed by atoms with Crippen LogP contribution in [0.1, 0.15) is 24.9 Å². The van der Waals surface area contributed by atoms with Crippen molar-refractivity contribution < 1.29 is 9.53 Å². The van der Waals surface area contributed by atoms with Crippen molar-refractivity contribution in [2.45, 2.75) is 25.9 Å². The number of anilines is 1. The van der Waals surface area contributed by atoms with Crippen LogP contribution in [0.25, 0.3) is 0 Å². The Morgan fingerprint density at radius 1 is 1.48 bits per heavy atom. The molecule has 0 aliphatic carbocycles. The van der Waals surface area contributed by atoms with E-state index in [0.717, 1.165) is 31.7 Å². The van der Waals surface area contributed by atoms with E-state index in [4.69, 9.17) is 4.74 Å². The molecule has 1 saturated heterocycles. The molecule has 2 amide bonds. The lowest BCUT2D eigenvalue weighted by Gasteiger charge is -2.16. The average Bonchev–Trinajstić information content (AvgIpc) is 3.21. The topological polar surface area (TPSA) is 81.1 Å². The Hall–Kier alpha value is -2.41. The van der Waals surface area contributed by atoms with Crippen molar-refractivity contribution in [1.82, 2.24) is 20.1 Å². The summed E-state index contributed by atoms with van der Waals surface area (Å²) in [5, 5.41) is 10.0. The number of nitrogens with zero attached hydrogens (tertiary/aromatic N) is 3. The summed E-state index contributed by atoms with van der Waals surface area (Å²) < 4.78 is 7.19. The molecule has 1 fully saturated rings. The third-order valence-electron chi connectivity index (χ3n) is 3.95. The third-order valence-corrected chi connectivity index (χ3v) is 3.95. The van der Waals surface area contributed by atoms with Crippen LogP contribution in [-0.4, -0.2) is 34.0 Å². The van der Waals surface area contributed by atoms with E-state index in [1.165, 1.54) is 0 Å². The molecule has 1 aliphatic heterocycles. The smallest absolute Gasteiger partial charge is 0.320 e. The molecule has 0 spiro atoms. The minimum Gasteiger partial charge on any atom is -0.381 e. The van der Waals surface area contributed by atoms with Gasteiger partial charge >= 0.3 is 6.03 Å². The van der Waals surface area contributed by atoms with Gasteiger partial charge in [0.2, 0.25) is 0 Å². The standard InChI is InChI=1S/C16H21N5O2/c1-12(14-3-2-6-17-9-14)19-16(22)20-15-4-7-18-21(15)10-13-5-8-23-11-13/h2-4,6-7,9,12-13H,5,8,10-11H2,1H3,(H2,19,20,22). The van der Waals surface area contributed by atoms with E-state index in [1.807, 2.05) is 23.7 Å². The Bertz CT molecular complexity index is 637. The van der Waals surface area contributed by atoms with E-state index >= 15 is 0 Å². The molecule has 0 bridgehead atoms. The fourth-order valence-electron chi connectivity index (χ4n) is 2.62. The van der Waals surface area contributed by atoms with Crippen LogP contribution in [-0.2, 0) is 11.3 Å². The normalized spacial score (nSPS) is 18.6. The summed E-state index contributed by atoms with van der Waals surface area (Å²) in [4.78, 5) is 16.2. The number of carbonyl (C=O) groups excluding carboxylic acids is 1. The summed E-state index contributed by atoms with van der Waals surface area (Å²) in [5.41, 5.74) is 0.958. The molecule has 2 unspecified atom stereocenters. The molecule has 1 aliphatic rings. The first-order chi connectivity index (χ1) is 11.2. The molecule has 3 rings (SSSR count). The Labute approximate surface area is 135 Å². The van der Waals surface area contributed by atoms with Crippen molar-refractivity contribution in [1.29, 1.82) is 0 Å². The van der Waals surface area contributed by atoms with Gasteiger partial charge < -0.3 is 10.1 Å². The van der Waals surface area contributed by atoms with Crippen molar-refractivity contribution in [3.8, 4) is 0 Å². The number of rotatable bonds is 5. The summed E-state index contributed by atoms with van der Waals surface area (Å²) in [7, 11) is 0. The van der Waals surface area contributed by atoms with E-state index in [-0.39, 0.29) is 12.1 Å². The molecular weight excluding hydrogens is 294 g/mol. The van der Waals surface area contributed by atoms with Crippen molar-refractivity contribution in [3.05, 3.63) is 42.4 Å². The number of hydrogen-bond donors (Lipinski definition) is 2. The monoisotopic (exact) mass is 315 g/mol. The summed E-state index contributed by atoms with van der Waals surface area (Å²) in [5.74, 6) is 1.14. The molecule has 0 aromatic carbocycles. The minimum absolute atomic E-state index is 0.122. The number of pyridine rings is 1. The predicted octanol–water partition coefficient (Wildman–Crippen LogP) is 2.20. The lowest BCUT2D eigenvalue weighted by Crippen LogP contribution is -2.32. The molecule has 7 heteroatoms. The van der Waals surface area contributed by atoms with E-state index in [0.29, 0.717) is 11.7 Å². The van der Waals surface area contributed by atoms with Crippen molar-refractivity contribution in [2.24, 2.45) is 5.92 Å². The Kier molecular flexibility index (Phi) is 4.87. The van der Waals surface area contributed by atoms with Gasteiger partial charge in [-0.1, -0.05) is 6.07 Å². The molecule has 2 atom stereocenters. The molecule has 122 valence electrons. The Morgan fingerprint density at radius 2 is 2.39 bits per heavy atom. The molecule has 7 nitrogen and oxygen atoms in total. The number of amides is 2. The Morgan fingerprint density at radius 3 is 3.13 bits per heavy atom. The van der Waals surface area contributed by atoms with E-state index in [1.54, 1.807) is 24.7 Å². The lowest BCUT2D eigenvalue weighted by atomic mass is 10.1. The molecule has 0 radical (unpaired) electrons. The van der Waals surface area contributed by atoms with Crippen molar-refractivity contribution in [3.63, 3.8) is 0 Å². The highest BCUT2D eigenvalue weighted by Crippen LogP contribution is 2.17. The fraction of sp³-hybridized carbons (Fsp3) is 0.438. The highest BCUT2D eigenvalue weighted by Gasteiger charge is 2.18. The number of carbonyl (C=O) groups is 1. The summed E-state index contributed by atoms with van der Waals surface area (Å²) in [6.07, 6.45) is 6.18. The van der Waals surface area contributed by atoms with Gasteiger partial charge in [0.25, 0.3) is 0 Å². The van der Waals surface area contributed by atoms with Gasteiger partial charge in [0.05, 0.1) is 18.8 Å². The van der Waals surface area contributed by atoms with Gasteiger partial charge in [-0.15, -0.1) is 0 Å². The van der Waals surface area contributed by atoms with E-state index in [2.05, 4.69) is 20.7 Å². The van der Waals surface area contributed by atoms with Crippen LogP contribution in [0.2, 0.25) is 0 Å². The number of aromatic nitrogens is 3. The second-order valence-electron chi connectivity index (χ2n) is 5.73. The van der Waals surface area contributed by atoms with Crippen molar-refractivity contribution in [2.75, 3.05) is 18.5 Å². The quantitative estimate of drug-likeness (QED) is 0.886. The van der Waals surface area contributed by atoms with Gasteiger partial charge in [-0.05, 0) is 25.0 Å². The number of hydrogen-bond acceptors (Lipinski definition) is 4. The zero-order valence-electron chi connectivity index (χ0n) is 13.1. The zero-order valence-corrected chi connectivity index (χ0v) is 13.1.